The number of amides is 2. The van der Waals surface area contributed by atoms with Crippen molar-refractivity contribution >= 4 is 40.0 Å². The van der Waals surface area contributed by atoms with Crippen molar-refractivity contribution in [2.75, 3.05) is 31.8 Å². The second-order valence-electron chi connectivity index (χ2n) is 7.96. The van der Waals surface area contributed by atoms with Crippen LogP contribution < -0.4 is 20.7 Å². The van der Waals surface area contributed by atoms with Crippen LogP contribution in [-0.2, 0) is 16.5 Å². The molecule has 13 heteroatoms. The van der Waals surface area contributed by atoms with Crippen molar-refractivity contribution in [2.24, 2.45) is 12.9 Å². The average Bonchev–Trinajstić information content (AvgIpc) is 3.64. The van der Waals surface area contributed by atoms with E-state index in [0.29, 0.717) is 17.5 Å². The number of ether oxygens (including phenoxy) is 2. The lowest BCUT2D eigenvalue weighted by Gasteiger charge is -2.22. The van der Waals surface area contributed by atoms with Crippen molar-refractivity contribution in [3.05, 3.63) is 35.5 Å². The fourth-order valence-corrected chi connectivity index (χ4v) is 3.73. The molecule has 1 aromatic carbocycles. The van der Waals surface area contributed by atoms with E-state index in [-0.39, 0.29) is 45.6 Å². The van der Waals surface area contributed by atoms with Crippen LogP contribution in [0.4, 0.5) is 30.5 Å². The molecule has 10 nitrogen and oxygen atoms in total. The summed E-state index contributed by atoms with van der Waals surface area (Å²) in [5.41, 5.74) is -1.19. The number of hydrogen-bond donors (Lipinski definition) is 3. The van der Waals surface area contributed by atoms with Gasteiger partial charge >= 0.3 is 6.18 Å². The Morgan fingerprint density at radius 1 is 1.28 bits per heavy atom. The summed E-state index contributed by atoms with van der Waals surface area (Å²) in [7, 11) is 1.92. The largest absolute Gasteiger partial charge is 0.496 e. The van der Waals surface area contributed by atoms with Crippen molar-refractivity contribution < 1.29 is 40.5 Å². The molecule has 0 saturated heterocycles. The molecule has 0 aliphatic heterocycles. The van der Waals surface area contributed by atoms with Gasteiger partial charge in [-0.1, -0.05) is 6.07 Å². The van der Waals surface area contributed by atoms with Gasteiger partial charge in [0.25, 0.3) is 5.91 Å². The van der Waals surface area contributed by atoms with Gasteiger partial charge in [-0.15, -0.1) is 0 Å². The van der Waals surface area contributed by atoms with Gasteiger partial charge in [0.05, 0.1) is 29.3 Å². The van der Waals surface area contributed by atoms with Crippen molar-refractivity contribution in [1.82, 2.24) is 20.1 Å². The van der Waals surface area contributed by atoms with E-state index < -0.39 is 43.5 Å². The van der Waals surface area contributed by atoms with E-state index in [1.807, 2.05) is 0 Å². The highest BCUT2D eigenvalue weighted by Crippen LogP contribution is 2.44. The highest BCUT2D eigenvalue weighted by Gasteiger charge is 2.43. The molecule has 2 amide bonds. The molecule has 1 aliphatic carbocycles. The van der Waals surface area contributed by atoms with Gasteiger partial charge in [0.1, 0.15) is 11.6 Å². The fourth-order valence-electron chi connectivity index (χ4n) is 3.73. The zero-order chi connectivity index (χ0) is 31.2. The van der Waals surface area contributed by atoms with Crippen molar-refractivity contribution in [2.45, 2.75) is 25.1 Å². The molecule has 1 atom stereocenters. The standard InChI is InChI=1S/C23H25F3N6O4/c1-27-22(34)13-10-28-16(30-21(33)11-5-6-11)9-14(13)29-20-17-15(32(2)31-20)8-7-12(18(17)35-3)19(36-4)23(24,25)26/h7-11,19H,5-6H2,1-4H3,(H,27,34)(H2,28,29,30,31,33)/t19-/m0/s1/i1D3,2D3. The van der Waals surface area contributed by atoms with E-state index in [0.717, 1.165) is 32.5 Å². The highest BCUT2D eigenvalue weighted by molar-refractivity contribution is 6.04. The van der Waals surface area contributed by atoms with E-state index in [4.69, 9.17) is 13.0 Å². The molecule has 3 N–H and O–H groups in total. The van der Waals surface area contributed by atoms with Gasteiger partial charge < -0.3 is 25.4 Å². The summed E-state index contributed by atoms with van der Waals surface area (Å²) >= 11 is 0. The van der Waals surface area contributed by atoms with Gasteiger partial charge in [-0.2, -0.15) is 18.3 Å². The van der Waals surface area contributed by atoms with Gasteiger partial charge in [-0.3, -0.25) is 14.3 Å². The zero-order valence-corrected chi connectivity index (χ0v) is 19.0. The van der Waals surface area contributed by atoms with E-state index in [1.54, 1.807) is 5.32 Å². The first-order valence-corrected chi connectivity index (χ1v) is 10.5. The summed E-state index contributed by atoms with van der Waals surface area (Å²) in [6.45, 7) is -5.80. The predicted octanol–water partition coefficient (Wildman–Crippen LogP) is 3.68. The van der Waals surface area contributed by atoms with Crippen LogP contribution >= 0.6 is 0 Å². The molecule has 2 heterocycles. The monoisotopic (exact) mass is 512 g/mol. The topological polar surface area (TPSA) is 119 Å². The van der Waals surface area contributed by atoms with E-state index in [9.17, 15) is 22.8 Å². The number of nitrogens with one attached hydrogen (secondary N) is 3. The molecule has 0 unspecified atom stereocenters. The Morgan fingerprint density at radius 3 is 2.67 bits per heavy atom. The number of anilines is 3. The van der Waals surface area contributed by atoms with Crippen LogP contribution in [0.3, 0.4) is 0 Å². The van der Waals surface area contributed by atoms with Crippen LogP contribution in [0.5, 0.6) is 5.75 Å². The first kappa shape index (κ1) is 18.4. The number of aromatic nitrogens is 3. The number of aryl methyl sites for hydroxylation is 1. The Kier molecular flexibility index (Phi) is 4.93. The molecule has 4 rings (SSSR count). The van der Waals surface area contributed by atoms with Crippen LogP contribution in [-0.4, -0.2) is 54.0 Å². The molecule has 36 heavy (non-hydrogen) atoms. The maximum absolute atomic E-state index is 13.8. The maximum Gasteiger partial charge on any atom is 0.418 e. The molecule has 1 fully saturated rings. The van der Waals surface area contributed by atoms with E-state index >= 15 is 0 Å². The van der Waals surface area contributed by atoms with Gasteiger partial charge in [-0.05, 0) is 18.9 Å². The highest BCUT2D eigenvalue weighted by atomic mass is 19.4. The number of hydrogen-bond acceptors (Lipinski definition) is 7. The van der Waals surface area contributed by atoms with Gasteiger partial charge in [0.15, 0.2) is 11.9 Å². The van der Waals surface area contributed by atoms with Crippen LogP contribution in [0.2, 0.25) is 0 Å². The second kappa shape index (κ2) is 9.64. The quantitative estimate of drug-likeness (QED) is 0.421. The van der Waals surface area contributed by atoms with Gasteiger partial charge in [-0.25, -0.2) is 4.98 Å². The van der Waals surface area contributed by atoms with Crippen LogP contribution in [0.15, 0.2) is 24.4 Å². The van der Waals surface area contributed by atoms with Crippen LogP contribution in [0.25, 0.3) is 10.9 Å². The molecule has 1 saturated carbocycles. The minimum absolute atomic E-state index is 0.0384. The number of halogens is 3. The number of alkyl halides is 3. The Balaban J connectivity index is 1.92. The first-order valence-electron chi connectivity index (χ1n) is 13.5. The number of methoxy groups -OCH3 is 2. The minimum atomic E-state index is -4.87. The smallest absolute Gasteiger partial charge is 0.418 e. The number of benzene rings is 1. The molecule has 1 aliphatic rings. The number of pyridine rings is 1. The number of rotatable bonds is 8. The lowest BCUT2D eigenvalue weighted by atomic mass is 10.0. The molecular weight excluding hydrogens is 481 g/mol. The summed E-state index contributed by atoms with van der Waals surface area (Å²) in [5.74, 6) is -2.48. The van der Waals surface area contributed by atoms with Crippen LogP contribution in [0, 0.1) is 5.92 Å². The van der Waals surface area contributed by atoms with Crippen molar-refractivity contribution in [3.8, 4) is 5.75 Å². The summed E-state index contributed by atoms with van der Waals surface area (Å²) in [6.07, 6.45) is -4.99. The fraction of sp³-hybridized carbons (Fsp3) is 0.391. The Bertz CT molecular complexity index is 1520. The predicted molar refractivity (Wildman–Crippen MR) is 125 cm³/mol. The molecule has 0 bridgehead atoms. The first-order chi connectivity index (χ1) is 19.4. The summed E-state index contributed by atoms with van der Waals surface area (Å²) in [4.78, 5) is 29.2. The Labute approximate surface area is 212 Å². The average molecular weight is 513 g/mol. The number of carbonyl (C=O) groups is 2. The SMILES string of the molecule is [2H]C([2H])([2H])NC(=O)c1cnc(NC(=O)C2CC2)cc1Nc1nn(C([2H])([2H])[2H])c2ccc([C@H](OC)C(F)(F)F)c(OC)c12. The lowest BCUT2D eigenvalue weighted by molar-refractivity contribution is -0.216. The number of carbonyl (C=O) groups excluding carboxylic acids is 2. The molecular formula is C23H25F3N6O4. The van der Waals surface area contributed by atoms with E-state index in [2.05, 4.69) is 25.5 Å². The van der Waals surface area contributed by atoms with E-state index in [1.165, 1.54) is 6.07 Å². The third-order valence-electron chi connectivity index (χ3n) is 5.57. The maximum atomic E-state index is 13.8. The Hall–Kier alpha value is -3.87. The van der Waals surface area contributed by atoms with Gasteiger partial charge in [0, 0.05) is 53.0 Å². The van der Waals surface area contributed by atoms with Crippen LogP contribution in [0.1, 0.15) is 43.1 Å². The molecule has 192 valence electrons. The summed E-state index contributed by atoms with van der Waals surface area (Å²) < 4.78 is 97.8. The summed E-state index contributed by atoms with van der Waals surface area (Å²) in [6, 6.07) is 3.29. The Morgan fingerprint density at radius 2 is 2.06 bits per heavy atom. The second-order valence-corrected chi connectivity index (χ2v) is 7.96. The van der Waals surface area contributed by atoms with Gasteiger partial charge in [0.2, 0.25) is 5.91 Å². The molecule has 2 aromatic heterocycles. The van der Waals surface area contributed by atoms with Crippen molar-refractivity contribution in [1.29, 1.82) is 0 Å². The molecule has 0 radical (unpaired) electrons. The number of nitrogens with zero attached hydrogens (tertiary/aromatic N) is 3. The van der Waals surface area contributed by atoms with Crippen molar-refractivity contribution in [3.63, 3.8) is 0 Å². The lowest BCUT2D eigenvalue weighted by Crippen LogP contribution is -2.23. The zero-order valence-electron chi connectivity index (χ0n) is 25.0. The third-order valence-corrected chi connectivity index (χ3v) is 5.57. The summed E-state index contributed by atoms with van der Waals surface area (Å²) in [5, 5.41) is 10.9. The molecule has 0 spiro atoms. The number of fused-ring (bicyclic) bond motifs is 1. The minimum Gasteiger partial charge on any atom is -0.496 e. The molecule has 3 aromatic rings. The normalized spacial score (nSPS) is 17.6. The third kappa shape index (κ3) is 4.78.